The summed E-state index contributed by atoms with van der Waals surface area (Å²) >= 11 is 0. The predicted molar refractivity (Wildman–Crippen MR) is 56.0 cm³/mol. The third kappa shape index (κ3) is 1.08. The summed E-state index contributed by atoms with van der Waals surface area (Å²) in [5, 5.41) is 0. The first-order valence-electron chi connectivity index (χ1n) is 4.75. The first kappa shape index (κ1) is 7.56. The van der Waals surface area contributed by atoms with Crippen molar-refractivity contribution in [1.82, 2.24) is 4.57 Å². The first-order chi connectivity index (χ1) is 6.93. The number of fused-ring (bicyclic) bond motifs is 1. The molecule has 0 fully saturated rings. The van der Waals surface area contributed by atoms with Gasteiger partial charge in [-0.2, -0.15) is 4.58 Å². The molecular formula is C12H11N2+. The van der Waals surface area contributed by atoms with Crippen LogP contribution in [0.15, 0.2) is 48.7 Å². The van der Waals surface area contributed by atoms with Gasteiger partial charge in [-0.05, 0) is 12.1 Å². The molecule has 0 radical (unpaired) electrons. The smallest absolute Gasteiger partial charge is 0.228 e. The van der Waals surface area contributed by atoms with Gasteiger partial charge in [-0.1, -0.05) is 18.2 Å². The maximum atomic E-state index is 2.25. The Labute approximate surface area is 82.7 Å². The number of benzene rings is 1. The molecule has 0 saturated carbocycles. The Morgan fingerprint density at radius 2 is 1.86 bits per heavy atom. The van der Waals surface area contributed by atoms with Crippen molar-refractivity contribution in [2.75, 3.05) is 0 Å². The molecule has 0 atom stereocenters. The summed E-state index contributed by atoms with van der Waals surface area (Å²) in [5.41, 5.74) is 2.52. The van der Waals surface area contributed by atoms with E-state index in [-0.39, 0.29) is 0 Å². The van der Waals surface area contributed by atoms with Crippen molar-refractivity contribution >= 4 is 11.9 Å². The highest BCUT2D eigenvalue weighted by Gasteiger charge is 2.18. The zero-order chi connectivity index (χ0) is 9.38. The van der Waals surface area contributed by atoms with Gasteiger partial charge in [-0.15, -0.1) is 0 Å². The molecule has 0 unspecified atom stereocenters. The zero-order valence-electron chi connectivity index (χ0n) is 7.80. The predicted octanol–water partition coefficient (Wildman–Crippen LogP) is 2.22. The molecule has 2 heterocycles. The van der Waals surface area contributed by atoms with E-state index in [1.54, 1.807) is 0 Å². The van der Waals surface area contributed by atoms with Gasteiger partial charge in [0.2, 0.25) is 12.4 Å². The molecular weight excluding hydrogens is 172 g/mol. The summed E-state index contributed by atoms with van der Waals surface area (Å²) in [6, 6.07) is 14.6. The second-order valence-corrected chi connectivity index (χ2v) is 3.48. The maximum Gasteiger partial charge on any atom is 0.228 e. The fourth-order valence-corrected chi connectivity index (χ4v) is 1.81. The van der Waals surface area contributed by atoms with E-state index in [0.717, 1.165) is 6.67 Å². The van der Waals surface area contributed by atoms with Crippen molar-refractivity contribution in [2.45, 2.75) is 6.67 Å². The van der Waals surface area contributed by atoms with Crippen LogP contribution in [0, 0.1) is 0 Å². The number of para-hydroxylation sites is 1. The summed E-state index contributed by atoms with van der Waals surface area (Å²) in [6.07, 6.45) is 4.28. The van der Waals surface area contributed by atoms with Crippen molar-refractivity contribution in [3.63, 3.8) is 0 Å². The third-order valence-electron chi connectivity index (χ3n) is 2.55. The number of nitrogens with zero attached hydrogens (tertiary/aromatic N) is 2. The molecule has 0 N–H and O–H groups in total. The fourth-order valence-electron chi connectivity index (χ4n) is 1.81. The minimum Gasteiger partial charge on any atom is -0.287 e. The van der Waals surface area contributed by atoms with Gasteiger partial charge in [0.05, 0.1) is 0 Å². The molecule has 2 heteroatoms. The van der Waals surface area contributed by atoms with Crippen molar-refractivity contribution in [2.24, 2.45) is 0 Å². The van der Waals surface area contributed by atoms with Crippen LogP contribution in [-0.4, -0.2) is 15.4 Å². The lowest BCUT2D eigenvalue weighted by Crippen LogP contribution is -2.02. The third-order valence-corrected chi connectivity index (χ3v) is 2.55. The Morgan fingerprint density at radius 1 is 1.00 bits per heavy atom. The SMILES string of the molecule is C1=[N+](c2ccccc2)Cn2cccc21. The second-order valence-electron chi connectivity index (χ2n) is 3.48. The standard InChI is InChI=1S/C12H11N2/c1-2-5-11(6-3-1)14-9-12-7-4-8-13(12)10-14/h1-9H,10H2/q+1. The largest absolute Gasteiger partial charge is 0.287 e. The van der Waals surface area contributed by atoms with Crippen LogP contribution in [0.2, 0.25) is 0 Å². The zero-order valence-corrected chi connectivity index (χ0v) is 7.80. The van der Waals surface area contributed by atoms with Gasteiger partial charge in [0, 0.05) is 18.3 Å². The molecule has 2 aromatic rings. The van der Waals surface area contributed by atoms with Crippen molar-refractivity contribution in [3.05, 3.63) is 54.4 Å². The molecule has 1 aliphatic rings. The molecule has 0 aliphatic carbocycles. The van der Waals surface area contributed by atoms with Gasteiger partial charge in [0.25, 0.3) is 0 Å². The van der Waals surface area contributed by atoms with Gasteiger partial charge in [0.1, 0.15) is 5.69 Å². The van der Waals surface area contributed by atoms with E-state index in [9.17, 15) is 0 Å². The number of rotatable bonds is 1. The molecule has 68 valence electrons. The molecule has 1 aliphatic heterocycles. The van der Waals surface area contributed by atoms with Crippen LogP contribution >= 0.6 is 0 Å². The molecule has 1 aromatic heterocycles. The van der Waals surface area contributed by atoms with Gasteiger partial charge in [-0.3, -0.25) is 4.57 Å². The summed E-state index contributed by atoms with van der Waals surface area (Å²) in [7, 11) is 0. The molecule has 2 nitrogen and oxygen atoms in total. The molecule has 3 rings (SSSR count). The Balaban J connectivity index is 2.02. The van der Waals surface area contributed by atoms with E-state index >= 15 is 0 Å². The van der Waals surface area contributed by atoms with E-state index in [2.05, 4.69) is 58.0 Å². The summed E-state index contributed by atoms with van der Waals surface area (Å²) in [4.78, 5) is 0. The van der Waals surface area contributed by atoms with Gasteiger partial charge in [0.15, 0.2) is 6.21 Å². The van der Waals surface area contributed by atoms with Crippen molar-refractivity contribution < 1.29 is 4.58 Å². The number of hydrogen-bond acceptors (Lipinski definition) is 0. The maximum absolute atomic E-state index is 2.25. The van der Waals surface area contributed by atoms with Crippen LogP contribution in [0.25, 0.3) is 0 Å². The van der Waals surface area contributed by atoms with Crippen molar-refractivity contribution in [3.8, 4) is 0 Å². The second kappa shape index (κ2) is 2.84. The lowest BCUT2D eigenvalue weighted by molar-refractivity contribution is -0.463. The van der Waals surface area contributed by atoms with E-state index in [1.165, 1.54) is 11.4 Å². The van der Waals surface area contributed by atoms with Crippen LogP contribution in [0.4, 0.5) is 5.69 Å². The molecule has 0 bridgehead atoms. The van der Waals surface area contributed by atoms with Crippen LogP contribution < -0.4 is 0 Å². The average molecular weight is 183 g/mol. The minimum atomic E-state index is 0.923. The van der Waals surface area contributed by atoms with Gasteiger partial charge < -0.3 is 0 Å². The molecule has 0 amide bonds. The van der Waals surface area contributed by atoms with Gasteiger partial charge >= 0.3 is 0 Å². The van der Waals surface area contributed by atoms with Crippen LogP contribution in [0.5, 0.6) is 0 Å². The highest BCUT2D eigenvalue weighted by molar-refractivity contribution is 5.75. The number of hydrogen-bond donors (Lipinski definition) is 0. The monoisotopic (exact) mass is 183 g/mol. The summed E-state index contributed by atoms with van der Waals surface area (Å²) < 4.78 is 4.47. The Morgan fingerprint density at radius 3 is 2.64 bits per heavy atom. The first-order valence-corrected chi connectivity index (χ1v) is 4.75. The Kier molecular flexibility index (Phi) is 1.53. The van der Waals surface area contributed by atoms with E-state index < -0.39 is 0 Å². The van der Waals surface area contributed by atoms with Crippen molar-refractivity contribution in [1.29, 1.82) is 0 Å². The van der Waals surface area contributed by atoms with Crippen LogP contribution in [0.1, 0.15) is 5.69 Å². The lowest BCUT2D eigenvalue weighted by atomic mass is 10.3. The van der Waals surface area contributed by atoms with Gasteiger partial charge in [-0.25, -0.2) is 0 Å². The highest BCUT2D eigenvalue weighted by Crippen LogP contribution is 2.16. The minimum absolute atomic E-state index is 0.923. The topological polar surface area (TPSA) is 7.94 Å². The molecule has 14 heavy (non-hydrogen) atoms. The fraction of sp³-hybridized carbons (Fsp3) is 0.0833. The average Bonchev–Trinajstić information content (AvgIpc) is 2.78. The Bertz CT molecular complexity index is 480. The van der Waals surface area contributed by atoms with Crippen LogP contribution in [0.3, 0.4) is 0 Å². The quantitative estimate of drug-likeness (QED) is 0.599. The van der Waals surface area contributed by atoms with E-state index in [4.69, 9.17) is 0 Å². The number of aromatic nitrogens is 1. The highest BCUT2D eigenvalue weighted by atomic mass is 15.2. The van der Waals surface area contributed by atoms with E-state index in [1.807, 2.05) is 6.07 Å². The molecule has 0 saturated heterocycles. The molecule has 1 aromatic carbocycles. The normalized spacial score (nSPS) is 13.9. The summed E-state index contributed by atoms with van der Waals surface area (Å²) in [6.45, 7) is 0.923. The Hall–Kier alpha value is -1.83. The molecule has 0 spiro atoms. The summed E-state index contributed by atoms with van der Waals surface area (Å²) in [5.74, 6) is 0. The van der Waals surface area contributed by atoms with Crippen LogP contribution in [-0.2, 0) is 6.67 Å². The lowest BCUT2D eigenvalue weighted by Gasteiger charge is -1.96. The van der Waals surface area contributed by atoms with E-state index in [0.29, 0.717) is 0 Å².